The van der Waals surface area contributed by atoms with Crippen molar-refractivity contribution in [2.45, 2.75) is 5.92 Å². The first kappa shape index (κ1) is 20.2. The van der Waals surface area contributed by atoms with Crippen molar-refractivity contribution in [1.82, 2.24) is 15.5 Å². The van der Waals surface area contributed by atoms with E-state index in [0.29, 0.717) is 24.9 Å². The van der Waals surface area contributed by atoms with E-state index in [4.69, 9.17) is 5.73 Å². The number of rotatable bonds is 6. The highest BCUT2D eigenvalue weighted by atomic mass is 35.5. The molecule has 1 aromatic rings. The van der Waals surface area contributed by atoms with Gasteiger partial charge in [-0.1, -0.05) is 36.4 Å². The molecule has 0 bridgehead atoms. The molecule has 0 aromatic heterocycles. The topological polar surface area (TPSA) is 87.5 Å². The predicted octanol–water partition coefficient (Wildman–Crippen LogP) is 1.09. The van der Waals surface area contributed by atoms with Gasteiger partial charge in [0.2, 0.25) is 5.91 Å². The quantitative estimate of drug-likeness (QED) is 0.669. The number of hydrogen-bond acceptors (Lipinski definition) is 4. The normalized spacial score (nSPS) is 20.0. The summed E-state index contributed by atoms with van der Waals surface area (Å²) in [5.74, 6) is 0.333. The number of urea groups is 1. The van der Waals surface area contributed by atoms with Crippen LogP contribution in [0.5, 0.6) is 0 Å². The lowest BCUT2D eigenvalue weighted by atomic mass is 9.89. The highest BCUT2D eigenvalue weighted by Gasteiger charge is 2.33. The standard InChI is InChI=1S/C17H24N4O2.ClH/c1-2-8-19-17(23)20-16(22)12-21-10-14(9-18)15(11-21)13-6-4-3-5-7-13;/h2-7,14-15H,1,8-12,18H2,(H2,19,20,22,23);1H/t14-,15+;/m1./s1. The molecular formula is C17H25ClN4O2. The van der Waals surface area contributed by atoms with Gasteiger partial charge >= 0.3 is 6.03 Å². The number of imide groups is 1. The zero-order valence-electron chi connectivity index (χ0n) is 13.6. The van der Waals surface area contributed by atoms with E-state index in [1.54, 1.807) is 6.08 Å². The molecule has 1 aromatic carbocycles. The largest absolute Gasteiger partial charge is 0.334 e. The number of likely N-dealkylation sites (tertiary alicyclic amines) is 1. The fraction of sp³-hybridized carbons (Fsp3) is 0.412. The molecule has 0 saturated carbocycles. The fourth-order valence-corrected chi connectivity index (χ4v) is 2.98. The third kappa shape index (κ3) is 5.63. The molecule has 2 atom stereocenters. The molecule has 3 amide bonds. The molecule has 0 aliphatic carbocycles. The van der Waals surface area contributed by atoms with Gasteiger partial charge in [0.25, 0.3) is 0 Å². The molecule has 0 spiro atoms. The van der Waals surface area contributed by atoms with E-state index in [9.17, 15) is 9.59 Å². The summed E-state index contributed by atoms with van der Waals surface area (Å²) in [7, 11) is 0. The lowest BCUT2D eigenvalue weighted by Gasteiger charge is -2.16. The van der Waals surface area contributed by atoms with Crippen molar-refractivity contribution >= 4 is 24.3 Å². The van der Waals surface area contributed by atoms with E-state index in [1.807, 2.05) is 23.1 Å². The molecular weight excluding hydrogens is 328 g/mol. The van der Waals surface area contributed by atoms with E-state index >= 15 is 0 Å². The van der Waals surface area contributed by atoms with Gasteiger partial charge in [-0.2, -0.15) is 0 Å². The lowest BCUT2D eigenvalue weighted by molar-refractivity contribution is -0.120. The van der Waals surface area contributed by atoms with Crippen LogP contribution in [0.1, 0.15) is 11.5 Å². The van der Waals surface area contributed by atoms with Crippen molar-refractivity contribution in [1.29, 1.82) is 0 Å². The van der Waals surface area contributed by atoms with Gasteiger partial charge < -0.3 is 11.1 Å². The number of hydrogen-bond donors (Lipinski definition) is 3. The van der Waals surface area contributed by atoms with Crippen LogP contribution < -0.4 is 16.4 Å². The maximum Gasteiger partial charge on any atom is 0.321 e. The summed E-state index contributed by atoms with van der Waals surface area (Å²) in [5.41, 5.74) is 7.13. The Morgan fingerprint density at radius 2 is 2.00 bits per heavy atom. The SMILES string of the molecule is C=CCNC(=O)NC(=O)CN1C[C@@H](CN)[C@H](c2ccccc2)C1.Cl. The fourth-order valence-electron chi connectivity index (χ4n) is 2.98. The van der Waals surface area contributed by atoms with Crippen LogP contribution in [0.2, 0.25) is 0 Å². The predicted molar refractivity (Wildman–Crippen MR) is 97.2 cm³/mol. The molecule has 1 fully saturated rings. The maximum atomic E-state index is 11.9. The third-order valence-corrected chi connectivity index (χ3v) is 4.07. The van der Waals surface area contributed by atoms with Crippen LogP contribution in [0.25, 0.3) is 0 Å². The second-order valence-corrected chi connectivity index (χ2v) is 5.75. The molecule has 1 saturated heterocycles. The van der Waals surface area contributed by atoms with E-state index in [1.165, 1.54) is 5.56 Å². The van der Waals surface area contributed by atoms with Crippen LogP contribution in [-0.2, 0) is 4.79 Å². The van der Waals surface area contributed by atoms with Crippen LogP contribution in [0.3, 0.4) is 0 Å². The molecule has 1 aliphatic rings. The number of benzene rings is 1. The van der Waals surface area contributed by atoms with E-state index in [2.05, 4.69) is 29.3 Å². The Morgan fingerprint density at radius 3 is 2.62 bits per heavy atom. The molecule has 7 heteroatoms. The summed E-state index contributed by atoms with van der Waals surface area (Å²) in [6.07, 6.45) is 1.56. The van der Waals surface area contributed by atoms with Crippen LogP contribution in [0, 0.1) is 5.92 Å². The number of halogens is 1. The summed E-state index contributed by atoms with van der Waals surface area (Å²) in [6, 6.07) is 9.72. The van der Waals surface area contributed by atoms with Crippen LogP contribution in [0.4, 0.5) is 4.79 Å². The Balaban J connectivity index is 0.00000288. The molecule has 2 rings (SSSR count). The highest BCUT2D eigenvalue weighted by molar-refractivity contribution is 5.95. The second kappa shape index (κ2) is 10.1. The summed E-state index contributed by atoms with van der Waals surface area (Å²) in [6.45, 7) is 6.14. The average Bonchev–Trinajstić information content (AvgIpc) is 2.96. The van der Waals surface area contributed by atoms with Crippen LogP contribution in [-0.4, -0.2) is 49.6 Å². The van der Waals surface area contributed by atoms with Gasteiger partial charge in [-0.3, -0.25) is 15.0 Å². The van der Waals surface area contributed by atoms with Gasteiger partial charge in [0.05, 0.1) is 6.54 Å². The first-order valence-corrected chi connectivity index (χ1v) is 7.80. The van der Waals surface area contributed by atoms with Crippen molar-refractivity contribution in [3.05, 3.63) is 48.6 Å². The molecule has 0 unspecified atom stereocenters. The summed E-state index contributed by atoms with van der Waals surface area (Å²) >= 11 is 0. The Morgan fingerprint density at radius 1 is 1.29 bits per heavy atom. The van der Waals surface area contributed by atoms with E-state index < -0.39 is 6.03 Å². The first-order chi connectivity index (χ1) is 11.1. The molecule has 6 nitrogen and oxygen atoms in total. The number of amides is 3. The van der Waals surface area contributed by atoms with E-state index in [0.717, 1.165) is 13.1 Å². The van der Waals surface area contributed by atoms with Crippen molar-refractivity contribution in [2.24, 2.45) is 11.7 Å². The van der Waals surface area contributed by atoms with Gasteiger partial charge in [-0.05, 0) is 18.0 Å². The Bertz CT molecular complexity index is 553. The highest BCUT2D eigenvalue weighted by Crippen LogP contribution is 2.31. The van der Waals surface area contributed by atoms with Crippen molar-refractivity contribution in [3.8, 4) is 0 Å². The van der Waals surface area contributed by atoms with Gasteiger partial charge in [0, 0.05) is 25.6 Å². The van der Waals surface area contributed by atoms with Gasteiger partial charge in [0.1, 0.15) is 0 Å². The first-order valence-electron chi connectivity index (χ1n) is 7.80. The number of carbonyl (C=O) groups is 2. The van der Waals surface area contributed by atoms with Crippen LogP contribution in [0.15, 0.2) is 43.0 Å². The van der Waals surface area contributed by atoms with E-state index in [-0.39, 0.29) is 24.9 Å². The minimum Gasteiger partial charge on any atom is -0.334 e. The Labute approximate surface area is 148 Å². The number of nitrogens with one attached hydrogen (secondary N) is 2. The van der Waals surface area contributed by atoms with Crippen molar-refractivity contribution in [2.75, 3.05) is 32.7 Å². The summed E-state index contributed by atoms with van der Waals surface area (Å²) < 4.78 is 0. The molecule has 24 heavy (non-hydrogen) atoms. The molecule has 4 N–H and O–H groups in total. The Kier molecular flexibility index (Phi) is 8.46. The maximum absolute atomic E-state index is 11.9. The molecule has 1 aliphatic heterocycles. The zero-order chi connectivity index (χ0) is 16.7. The van der Waals surface area contributed by atoms with Gasteiger partial charge in [0.15, 0.2) is 0 Å². The molecule has 132 valence electrons. The average molecular weight is 353 g/mol. The third-order valence-electron chi connectivity index (χ3n) is 4.07. The number of nitrogens with two attached hydrogens (primary N) is 1. The monoisotopic (exact) mass is 352 g/mol. The summed E-state index contributed by atoms with van der Waals surface area (Å²) in [5, 5.41) is 4.83. The molecule has 1 heterocycles. The van der Waals surface area contributed by atoms with Gasteiger partial charge in [-0.15, -0.1) is 19.0 Å². The van der Waals surface area contributed by atoms with Crippen molar-refractivity contribution in [3.63, 3.8) is 0 Å². The van der Waals surface area contributed by atoms with Crippen LogP contribution >= 0.6 is 12.4 Å². The summed E-state index contributed by atoms with van der Waals surface area (Å²) in [4.78, 5) is 25.5. The number of carbonyl (C=O) groups excluding carboxylic acids is 2. The van der Waals surface area contributed by atoms with Gasteiger partial charge in [-0.25, -0.2) is 4.79 Å². The second-order valence-electron chi connectivity index (χ2n) is 5.75. The smallest absolute Gasteiger partial charge is 0.321 e. The van der Waals surface area contributed by atoms with Crippen molar-refractivity contribution < 1.29 is 9.59 Å². The minimum atomic E-state index is -0.496. The molecule has 0 radical (unpaired) electrons. The minimum absolute atomic E-state index is 0. The number of nitrogens with zero attached hydrogens (tertiary/aromatic N) is 1. The lowest BCUT2D eigenvalue weighted by Crippen LogP contribution is -2.44. The zero-order valence-corrected chi connectivity index (χ0v) is 14.4. The Hall–Kier alpha value is -1.89.